The van der Waals surface area contributed by atoms with Crippen LogP contribution in [0.5, 0.6) is 5.75 Å². The number of nitrogens with zero attached hydrogens (tertiary/aromatic N) is 3. The van der Waals surface area contributed by atoms with Crippen molar-refractivity contribution in [2.75, 3.05) is 7.11 Å². The van der Waals surface area contributed by atoms with Crippen molar-refractivity contribution in [1.82, 2.24) is 24.9 Å². The maximum Gasteiger partial charge on any atom is 0.252 e. The summed E-state index contributed by atoms with van der Waals surface area (Å²) in [6.07, 6.45) is 5.61. The fourth-order valence-electron chi connectivity index (χ4n) is 3.54. The molecule has 0 aliphatic rings. The highest BCUT2D eigenvalue weighted by molar-refractivity contribution is 6.05. The van der Waals surface area contributed by atoms with Crippen molar-refractivity contribution in [3.63, 3.8) is 0 Å². The van der Waals surface area contributed by atoms with Gasteiger partial charge in [0.05, 0.1) is 36.6 Å². The Morgan fingerprint density at radius 2 is 2.00 bits per heavy atom. The fraction of sp³-hybridized carbons (Fsp3) is 0.0870. The van der Waals surface area contributed by atoms with Crippen LogP contribution in [0.15, 0.2) is 73.2 Å². The minimum absolute atomic E-state index is 0.156. The van der Waals surface area contributed by atoms with Crippen molar-refractivity contribution in [2.24, 2.45) is 0 Å². The van der Waals surface area contributed by atoms with Gasteiger partial charge in [-0.05, 0) is 47.5 Å². The third kappa shape index (κ3) is 3.26. The first kappa shape index (κ1) is 17.9. The van der Waals surface area contributed by atoms with Crippen molar-refractivity contribution < 1.29 is 9.53 Å². The summed E-state index contributed by atoms with van der Waals surface area (Å²) in [6, 6.07) is 17.4. The highest BCUT2D eigenvalue weighted by Gasteiger charge is 2.12. The van der Waals surface area contributed by atoms with Gasteiger partial charge in [0.1, 0.15) is 11.4 Å². The number of methoxy groups -OCH3 is 1. The molecule has 2 aromatic carbocycles. The maximum atomic E-state index is 12.6. The number of pyridine rings is 1. The Kier molecular flexibility index (Phi) is 4.40. The Bertz CT molecular complexity index is 1370. The molecule has 0 bridgehead atoms. The number of aromatic nitrogens is 4. The number of carbonyl (C=O) groups is 1. The van der Waals surface area contributed by atoms with Gasteiger partial charge in [-0.25, -0.2) is 4.98 Å². The van der Waals surface area contributed by atoms with Crippen LogP contribution in [0.3, 0.4) is 0 Å². The molecule has 0 spiro atoms. The third-order valence-corrected chi connectivity index (χ3v) is 5.06. The van der Waals surface area contributed by atoms with E-state index < -0.39 is 0 Å². The zero-order chi connectivity index (χ0) is 20.5. The molecule has 0 aliphatic carbocycles. The van der Waals surface area contributed by atoms with E-state index >= 15 is 0 Å². The molecular weight excluding hydrogens is 378 g/mol. The van der Waals surface area contributed by atoms with Crippen LogP contribution in [0.25, 0.3) is 27.7 Å². The highest BCUT2D eigenvalue weighted by Crippen LogP contribution is 2.24. The van der Waals surface area contributed by atoms with Gasteiger partial charge in [0, 0.05) is 17.8 Å². The third-order valence-electron chi connectivity index (χ3n) is 5.06. The number of aromatic amines is 1. The number of nitrogens with one attached hydrogen (secondary N) is 2. The van der Waals surface area contributed by atoms with Crippen molar-refractivity contribution in [1.29, 1.82) is 0 Å². The Morgan fingerprint density at radius 3 is 2.90 bits per heavy atom. The average Bonchev–Trinajstić information content (AvgIpc) is 3.43. The van der Waals surface area contributed by atoms with Gasteiger partial charge in [-0.2, -0.15) is 5.10 Å². The number of rotatable bonds is 5. The van der Waals surface area contributed by atoms with E-state index in [-0.39, 0.29) is 5.91 Å². The number of benzene rings is 2. The second kappa shape index (κ2) is 7.36. The molecule has 0 saturated carbocycles. The van der Waals surface area contributed by atoms with Gasteiger partial charge in [-0.15, -0.1) is 0 Å². The largest absolute Gasteiger partial charge is 0.497 e. The number of amides is 1. The molecule has 148 valence electrons. The van der Waals surface area contributed by atoms with Crippen LogP contribution >= 0.6 is 0 Å². The normalized spacial score (nSPS) is 11.1. The zero-order valence-corrected chi connectivity index (χ0v) is 16.3. The van der Waals surface area contributed by atoms with Gasteiger partial charge < -0.3 is 14.5 Å². The summed E-state index contributed by atoms with van der Waals surface area (Å²) in [5, 5.41) is 10.6. The van der Waals surface area contributed by atoms with Gasteiger partial charge in [0.25, 0.3) is 5.91 Å². The summed E-state index contributed by atoms with van der Waals surface area (Å²) in [4.78, 5) is 17.2. The monoisotopic (exact) mass is 397 g/mol. The fourth-order valence-corrected chi connectivity index (χ4v) is 3.54. The second-order valence-electron chi connectivity index (χ2n) is 6.97. The molecule has 5 aromatic rings. The topological polar surface area (TPSA) is 84.3 Å². The lowest BCUT2D eigenvalue weighted by atomic mass is 10.1. The van der Waals surface area contributed by atoms with Gasteiger partial charge in [-0.1, -0.05) is 18.2 Å². The lowest BCUT2D eigenvalue weighted by Gasteiger charge is -2.05. The second-order valence-corrected chi connectivity index (χ2v) is 6.97. The Morgan fingerprint density at radius 1 is 1.10 bits per heavy atom. The molecule has 3 heterocycles. The molecule has 0 radical (unpaired) electrons. The van der Waals surface area contributed by atoms with E-state index in [2.05, 4.69) is 20.5 Å². The van der Waals surface area contributed by atoms with Gasteiger partial charge in [-0.3, -0.25) is 9.89 Å². The van der Waals surface area contributed by atoms with E-state index in [0.29, 0.717) is 12.1 Å². The SMILES string of the molecule is COc1cccc(-c2ccc3nc(CNC(=O)c4cccc5[nH]ncc45)cn3c2)c1. The average molecular weight is 397 g/mol. The number of fused-ring (bicyclic) bond motifs is 2. The molecule has 2 N–H and O–H groups in total. The van der Waals surface area contributed by atoms with Crippen LogP contribution in [-0.4, -0.2) is 32.6 Å². The summed E-state index contributed by atoms with van der Waals surface area (Å²) in [5.74, 6) is 0.658. The molecule has 0 atom stereocenters. The molecule has 3 aromatic heterocycles. The highest BCUT2D eigenvalue weighted by atomic mass is 16.5. The van der Waals surface area contributed by atoms with Crippen LogP contribution < -0.4 is 10.1 Å². The lowest BCUT2D eigenvalue weighted by Crippen LogP contribution is -2.23. The maximum absolute atomic E-state index is 12.6. The number of imidazole rings is 1. The molecule has 30 heavy (non-hydrogen) atoms. The summed E-state index contributed by atoms with van der Waals surface area (Å²) in [6.45, 7) is 0.337. The molecular formula is C23H19N5O2. The van der Waals surface area contributed by atoms with Crippen molar-refractivity contribution >= 4 is 22.5 Å². The Labute approximate surface area is 172 Å². The smallest absolute Gasteiger partial charge is 0.252 e. The Hall–Kier alpha value is -4.13. The van der Waals surface area contributed by atoms with Crippen molar-refractivity contribution in [2.45, 2.75) is 6.54 Å². The van der Waals surface area contributed by atoms with Crippen LogP contribution in [0.4, 0.5) is 0 Å². The van der Waals surface area contributed by atoms with Crippen LogP contribution in [0.2, 0.25) is 0 Å². The van der Waals surface area contributed by atoms with Crippen molar-refractivity contribution in [3.05, 3.63) is 84.4 Å². The minimum Gasteiger partial charge on any atom is -0.497 e. The van der Waals surface area contributed by atoms with E-state index in [1.165, 1.54) is 0 Å². The molecule has 0 saturated heterocycles. The molecule has 1 amide bonds. The van der Waals surface area contributed by atoms with Gasteiger partial charge in [0.2, 0.25) is 0 Å². The quantitative estimate of drug-likeness (QED) is 0.472. The van der Waals surface area contributed by atoms with E-state index in [4.69, 9.17) is 4.74 Å². The van der Waals surface area contributed by atoms with Crippen LogP contribution in [0, 0.1) is 0 Å². The van der Waals surface area contributed by atoms with Crippen LogP contribution in [-0.2, 0) is 6.54 Å². The van der Waals surface area contributed by atoms with E-state index in [0.717, 1.165) is 39.1 Å². The predicted molar refractivity (Wildman–Crippen MR) is 114 cm³/mol. The van der Waals surface area contributed by atoms with Gasteiger partial charge >= 0.3 is 0 Å². The Balaban J connectivity index is 1.36. The molecule has 0 fully saturated rings. The van der Waals surface area contributed by atoms with E-state index in [1.807, 2.05) is 65.3 Å². The molecule has 0 unspecified atom stereocenters. The number of H-pyrrole nitrogens is 1. The first-order chi connectivity index (χ1) is 14.7. The summed E-state index contributed by atoms with van der Waals surface area (Å²) < 4.78 is 7.28. The number of ether oxygens (including phenoxy) is 1. The first-order valence-corrected chi connectivity index (χ1v) is 9.53. The number of hydrogen-bond donors (Lipinski definition) is 2. The molecule has 7 heteroatoms. The molecule has 5 rings (SSSR count). The standard InChI is InChI=1S/C23H19N5O2/c1-30-18-5-2-4-15(10-18)16-8-9-22-26-17(14-28(22)13-16)11-24-23(29)19-6-3-7-21-20(19)12-25-27-21/h2-10,12-14H,11H2,1H3,(H,24,29)(H,25,27). The predicted octanol–water partition coefficient (Wildman–Crippen LogP) is 3.82. The van der Waals surface area contributed by atoms with E-state index in [1.54, 1.807) is 19.4 Å². The molecule has 0 aliphatic heterocycles. The van der Waals surface area contributed by atoms with E-state index in [9.17, 15) is 4.79 Å². The number of carbonyl (C=O) groups excluding carboxylic acids is 1. The summed E-state index contributed by atoms with van der Waals surface area (Å²) in [7, 11) is 1.66. The zero-order valence-electron chi connectivity index (χ0n) is 16.3. The first-order valence-electron chi connectivity index (χ1n) is 9.53. The summed E-state index contributed by atoms with van der Waals surface area (Å²) in [5.41, 5.74) is 5.15. The minimum atomic E-state index is -0.156. The van der Waals surface area contributed by atoms with Gasteiger partial charge in [0.15, 0.2) is 0 Å². The summed E-state index contributed by atoms with van der Waals surface area (Å²) >= 11 is 0. The van der Waals surface area contributed by atoms with Crippen LogP contribution in [0.1, 0.15) is 16.1 Å². The lowest BCUT2D eigenvalue weighted by molar-refractivity contribution is 0.0952. The number of hydrogen-bond acceptors (Lipinski definition) is 4. The molecule has 7 nitrogen and oxygen atoms in total. The van der Waals surface area contributed by atoms with Crippen molar-refractivity contribution in [3.8, 4) is 16.9 Å².